The molecule has 0 radical (unpaired) electrons. The van der Waals surface area contributed by atoms with E-state index in [1.54, 1.807) is 24.3 Å². The fourth-order valence-corrected chi connectivity index (χ4v) is 2.03. The highest BCUT2D eigenvalue weighted by Crippen LogP contribution is 2.21. The molecule has 0 aliphatic rings. The van der Waals surface area contributed by atoms with Crippen LogP contribution in [0.1, 0.15) is 23.6 Å². The lowest BCUT2D eigenvalue weighted by Crippen LogP contribution is -2.18. The lowest BCUT2D eigenvalue weighted by atomic mass is 10.1. The van der Waals surface area contributed by atoms with Crippen LogP contribution in [0.5, 0.6) is 5.75 Å². The normalized spacial score (nSPS) is 9.76. The van der Waals surface area contributed by atoms with Crippen molar-refractivity contribution in [3.8, 4) is 11.8 Å². The van der Waals surface area contributed by atoms with Crippen molar-refractivity contribution in [2.24, 2.45) is 0 Å². The summed E-state index contributed by atoms with van der Waals surface area (Å²) >= 11 is 0. The number of rotatable bonds is 3. The van der Waals surface area contributed by atoms with Crippen molar-refractivity contribution in [3.05, 3.63) is 59.2 Å². The minimum absolute atomic E-state index is 0.401. The molecule has 0 fully saturated rings. The predicted molar refractivity (Wildman–Crippen MR) is 81.4 cm³/mol. The number of nitrogens with zero attached hydrogens (tertiary/aromatic N) is 1. The first kappa shape index (κ1) is 14.6. The average Bonchev–Trinajstić information content (AvgIpc) is 2.50. The molecule has 0 heterocycles. The second-order valence-corrected chi connectivity index (χ2v) is 4.61. The third kappa shape index (κ3) is 3.61. The van der Waals surface area contributed by atoms with Crippen LogP contribution in [0, 0.1) is 18.3 Å². The van der Waals surface area contributed by atoms with Crippen molar-refractivity contribution >= 4 is 11.8 Å². The van der Waals surface area contributed by atoms with E-state index in [0.717, 1.165) is 23.2 Å². The molecule has 106 valence electrons. The standard InChI is InChI=1S/C17H16N2O2/c1-3-14-6-4-5-12(2)16(14)19-17(20)21-15-9-7-13(11-18)8-10-15/h4-10H,3H2,1-2H3,(H,19,20). The monoisotopic (exact) mass is 280 g/mol. The average molecular weight is 280 g/mol. The summed E-state index contributed by atoms with van der Waals surface area (Å²) in [6, 6.07) is 14.3. The van der Waals surface area contributed by atoms with E-state index in [1.807, 2.05) is 38.1 Å². The Morgan fingerprint density at radius 1 is 1.24 bits per heavy atom. The summed E-state index contributed by atoms with van der Waals surface area (Å²) in [5.41, 5.74) is 3.37. The minimum atomic E-state index is -0.538. The van der Waals surface area contributed by atoms with Crippen molar-refractivity contribution in [3.63, 3.8) is 0 Å². The van der Waals surface area contributed by atoms with E-state index in [-0.39, 0.29) is 0 Å². The summed E-state index contributed by atoms with van der Waals surface area (Å²) in [5.74, 6) is 0.401. The first-order valence-electron chi connectivity index (χ1n) is 6.71. The zero-order valence-electron chi connectivity index (χ0n) is 12.0. The lowest BCUT2D eigenvalue weighted by Gasteiger charge is -2.13. The molecule has 2 rings (SSSR count). The molecule has 0 aliphatic carbocycles. The van der Waals surface area contributed by atoms with Gasteiger partial charge in [-0.05, 0) is 48.7 Å². The number of nitrogens with one attached hydrogen (secondary N) is 1. The Hall–Kier alpha value is -2.80. The van der Waals surface area contributed by atoms with Crippen LogP contribution in [0.4, 0.5) is 10.5 Å². The van der Waals surface area contributed by atoms with Gasteiger partial charge in [0.2, 0.25) is 0 Å². The number of carbonyl (C=O) groups is 1. The molecule has 1 N–H and O–H groups in total. The zero-order chi connectivity index (χ0) is 15.2. The van der Waals surface area contributed by atoms with Crippen molar-refractivity contribution in [2.45, 2.75) is 20.3 Å². The molecule has 0 saturated heterocycles. The third-order valence-electron chi connectivity index (χ3n) is 3.16. The second-order valence-electron chi connectivity index (χ2n) is 4.61. The maximum atomic E-state index is 12.0. The van der Waals surface area contributed by atoms with Gasteiger partial charge in [0.25, 0.3) is 0 Å². The van der Waals surface area contributed by atoms with Gasteiger partial charge in [-0.25, -0.2) is 4.79 Å². The summed E-state index contributed by atoms with van der Waals surface area (Å²) < 4.78 is 5.21. The van der Waals surface area contributed by atoms with Crippen LogP contribution in [-0.2, 0) is 6.42 Å². The van der Waals surface area contributed by atoms with E-state index >= 15 is 0 Å². The number of nitriles is 1. The summed E-state index contributed by atoms with van der Waals surface area (Å²) in [4.78, 5) is 12.0. The minimum Gasteiger partial charge on any atom is -0.410 e. The van der Waals surface area contributed by atoms with Gasteiger partial charge >= 0.3 is 6.09 Å². The topological polar surface area (TPSA) is 62.1 Å². The molecule has 2 aromatic carbocycles. The van der Waals surface area contributed by atoms with Gasteiger partial charge in [0.1, 0.15) is 5.75 Å². The highest BCUT2D eigenvalue weighted by molar-refractivity contribution is 5.88. The number of para-hydroxylation sites is 1. The van der Waals surface area contributed by atoms with Gasteiger partial charge in [-0.2, -0.15) is 5.26 Å². The Bertz CT molecular complexity index is 685. The number of anilines is 1. The SMILES string of the molecule is CCc1cccc(C)c1NC(=O)Oc1ccc(C#N)cc1. The van der Waals surface area contributed by atoms with Crippen molar-refractivity contribution in [1.82, 2.24) is 0 Å². The van der Waals surface area contributed by atoms with E-state index in [1.165, 1.54) is 0 Å². The van der Waals surface area contributed by atoms with Gasteiger partial charge in [-0.15, -0.1) is 0 Å². The van der Waals surface area contributed by atoms with E-state index in [2.05, 4.69) is 5.32 Å². The van der Waals surface area contributed by atoms with Crippen LogP contribution in [0.25, 0.3) is 0 Å². The number of benzene rings is 2. The summed E-state index contributed by atoms with van der Waals surface area (Å²) in [6.45, 7) is 3.97. The number of hydrogen-bond donors (Lipinski definition) is 1. The van der Waals surface area contributed by atoms with Gasteiger partial charge < -0.3 is 4.74 Å². The third-order valence-corrected chi connectivity index (χ3v) is 3.16. The van der Waals surface area contributed by atoms with Crippen LogP contribution >= 0.6 is 0 Å². The molecule has 0 spiro atoms. The molecule has 4 heteroatoms. The number of carbonyl (C=O) groups excluding carboxylic acids is 1. The molecule has 4 nitrogen and oxygen atoms in total. The quantitative estimate of drug-likeness (QED) is 0.922. The molecular weight excluding hydrogens is 264 g/mol. The summed E-state index contributed by atoms with van der Waals surface area (Å²) in [7, 11) is 0. The molecule has 0 unspecified atom stereocenters. The Morgan fingerprint density at radius 3 is 2.57 bits per heavy atom. The number of aryl methyl sites for hydroxylation is 2. The maximum absolute atomic E-state index is 12.0. The molecule has 21 heavy (non-hydrogen) atoms. The van der Waals surface area contributed by atoms with Crippen molar-refractivity contribution in [2.75, 3.05) is 5.32 Å². The fraction of sp³-hybridized carbons (Fsp3) is 0.176. The maximum Gasteiger partial charge on any atom is 0.417 e. The Morgan fingerprint density at radius 2 is 1.95 bits per heavy atom. The Labute approximate surface area is 124 Å². The fourth-order valence-electron chi connectivity index (χ4n) is 2.03. The van der Waals surface area contributed by atoms with Gasteiger partial charge in [0, 0.05) is 0 Å². The second kappa shape index (κ2) is 6.58. The first-order valence-corrected chi connectivity index (χ1v) is 6.71. The Balaban J connectivity index is 2.10. The highest BCUT2D eigenvalue weighted by atomic mass is 16.6. The molecular formula is C17H16N2O2. The number of amides is 1. The molecule has 0 atom stereocenters. The van der Waals surface area contributed by atoms with Crippen LogP contribution in [0.2, 0.25) is 0 Å². The smallest absolute Gasteiger partial charge is 0.410 e. The molecule has 0 saturated carbocycles. The van der Waals surface area contributed by atoms with Gasteiger partial charge in [0.05, 0.1) is 17.3 Å². The molecule has 1 amide bonds. The molecule has 0 aliphatic heterocycles. The highest BCUT2D eigenvalue weighted by Gasteiger charge is 2.10. The van der Waals surface area contributed by atoms with Crippen molar-refractivity contribution < 1.29 is 9.53 Å². The number of hydrogen-bond acceptors (Lipinski definition) is 3. The largest absolute Gasteiger partial charge is 0.417 e. The van der Waals surface area contributed by atoms with Crippen LogP contribution < -0.4 is 10.1 Å². The zero-order valence-corrected chi connectivity index (χ0v) is 12.0. The first-order chi connectivity index (χ1) is 10.1. The molecule has 0 bridgehead atoms. The van der Waals surface area contributed by atoms with Gasteiger partial charge in [0.15, 0.2) is 0 Å². The van der Waals surface area contributed by atoms with Gasteiger partial charge in [-0.3, -0.25) is 5.32 Å². The van der Waals surface area contributed by atoms with Crippen molar-refractivity contribution in [1.29, 1.82) is 5.26 Å². The summed E-state index contributed by atoms with van der Waals surface area (Å²) in [6.07, 6.45) is 0.289. The van der Waals surface area contributed by atoms with E-state index in [9.17, 15) is 4.79 Å². The molecule has 0 aromatic heterocycles. The molecule has 2 aromatic rings. The summed E-state index contributed by atoms with van der Waals surface area (Å²) in [5, 5.41) is 11.5. The van der Waals surface area contributed by atoms with Crippen LogP contribution in [-0.4, -0.2) is 6.09 Å². The van der Waals surface area contributed by atoms with E-state index in [0.29, 0.717) is 11.3 Å². The number of ether oxygens (including phenoxy) is 1. The lowest BCUT2D eigenvalue weighted by molar-refractivity contribution is 0.215. The van der Waals surface area contributed by atoms with Crippen LogP contribution in [0.3, 0.4) is 0 Å². The van der Waals surface area contributed by atoms with E-state index in [4.69, 9.17) is 10.00 Å². The van der Waals surface area contributed by atoms with E-state index < -0.39 is 6.09 Å². The predicted octanol–water partition coefficient (Wildman–Crippen LogP) is 4.04. The van der Waals surface area contributed by atoms with Gasteiger partial charge in [-0.1, -0.05) is 25.1 Å². The van der Waals surface area contributed by atoms with Crippen LogP contribution in [0.15, 0.2) is 42.5 Å². The Kier molecular flexibility index (Phi) is 4.57.